The summed E-state index contributed by atoms with van der Waals surface area (Å²) >= 11 is 0. The quantitative estimate of drug-likeness (QED) is 0.707. The predicted molar refractivity (Wildman–Crippen MR) is 91.5 cm³/mol. The Labute approximate surface area is 138 Å². The number of para-hydroxylation sites is 2. The van der Waals surface area contributed by atoms with E-state index in [4.69, 9.17) is 4.74 Å². The van der Waals surface area contributed by atoms with Crippen LogP contribution < -0.4 is 15.7 Å². The summed E-state index contributed by atoms with van der Waals surface area (Å²) in [6, 6.07) is 16.4. The molecule has 1 heterocycles. The highest BCUT2D eigenvalue weighted by Crippen LogP contribution is 2.09. The SMILES string of the molecule is O=C(CCCOc1ccccc1)Nn1cnc2ccccc2c1=O. The van der Waals surface area contributed by atoms with E-state index >= 15 is 0 Å². The number of nitrogens with one attached hydrogen (secondary N) is 1. The minimum absolute atomic E-state index is 0.256. The van der Waals surface area contributed by atoms with Crippen LogP contribution in [0.15, 0.2) is 65.7 Å². The number of carbonyl (C=O) groups is 1. The number of aromatic nitrogens is 2. The van der Waals surface area contributed by atoms with Gasteiger partial charge in [-0.1, -0.05) is 30.3 Å². The summed E-state index contributed by atoms with van der Waals surface area (Å²) in [7, 11) is 0. The molecule has 0 saturated carbocycles. The number of amides is 1. The molecule has 0 bridgehead atoms. The van der Waals surface area contributed by atoms with Gasteiger partial charge in [0.1, 0.15) is 12.1 Å². The molecule has 6 nitrogen and oxygen atoms in total. The van der Waals surface area contributed by atoms with E-state index in [1.165, 1.54) is 6.33 Å². The molecule has 0 spiro atoms. The molecule has 1 N–H and O–H groups in total. The number of carbonyl (C=O) groups excluding carboxylic acids is 1. The highest BCUT2D eigenvalue weighted by Gasteiger charge is 2.07. The van der Waals surface area contributed by atoms with Crippen LogP contribution >= 0.6 is 0 Å². The van der Waals surface area contributed by atoms with Gasteiger partial charge in [-0.3, -0.25) is 15.0 Å². The van der Waals surface area contributed by atoms with Crippen LogP contribution in [-0.2, 0) is 4.79 Å². The zero-order valence-corrected chi connectivity index (χ0v) is 13.0. The van der Waals surface area contributed by atoms with Crippen LogP contribution in [0.1, 0.15) is 12.8 Å². The van der Waals surface area contributed by atoms with Crippen LogP contribution in [0.5, 0.6) is 5.75 Å². The summed E-state index contributed by atoms with van der Waals surface area (Å²) < 4.78 is 6.64. The number of ether oxygens (including phenoxy) is 1. The lowest BCUT2D eigenvalue weighted by Crippen LogP contribution is -2.33. The summed E-state index contributed by atoms with van der Waals surface area (Å²) in [5.41, 5.74) is 2.85. The van der Waals surface area contributed by atoms with Crippen molar-refractivity contribution in [3.8, 4) is 5.75 Å². The molecule has 0 aliphatic rings. The summed E-state index contributed by atoms with van der Waals surface area (Å²) in [6.45, 7) is 0.433. The third-order valence-corrected chi connectivity index (χ3v) is 3.47. The second-order valence-corrected chi connectivity index (χ2v) is 5.24. The Bertz CT molecular complexity index is 891. The van der Waals surface area contributed by atoms with Crippen molar-refractivity contribution < 1.29 is 9.53 Å². The van der Waals surface area contributed by atoms with E-state index in [1.807, 2.05) is 36.4 Å². The number of nitrogens with zero attached hydrogens (tertiary/aromatic N) is 2. The molecule has 0 fully saturated rings. The van der Waals surface area contributed by atoms with Crippen molar-refractivity contribution >= 4 is 16.8 Å². The van der Waals surface area contributed by atoms with Crippen LogP contribution in [-0.4, -0.2) is 22.2 Å². The Kier molecular flexibility index (Phi) is 4.86. The minimum atomic E-state index is -0.297. The van der Waals surface area contributed by atoms with Crippen molar-refractivity contribution in [1.82, 2.24) is 9.66 Å². The number of fused-ring (bicyclic) bond motifs is 1. The summed E-state index contributed by atoms with van der Waals surface area (Å²) in [5.74, 6) is 0.513. The largest absolute Gasteiger partial charge is 0.494 e. The van der Waals surface area contributed by atoms with E-state index in [-0.39, 0.29) is 17.9 Å². The number of rotatable bonds is 6. The van der Waals surface area contributed by atoms with E-state index < -0.39 is 0 Å². The van der Waals surface area contributed by atoms with Crippen molar-refractivity contribution in [3.05, 3.63) is 71.3 Å². The van der Waals surface area contributed by atoms with E-state index in [9.17, 15) is 9.59 Å². The lowest BCUT2D eigenvalue weighted by Gasteiger charge is -2.09. The van der Waals surface area contributed by atoms with Gasteiger partial charge in [-0.05, 0) is 30.7 Å². The van der Waals surface area contributed by atoms with Crippen molar-refractivity contribution in [2.24, 2.45) is 0 Å². The van der Waals surface area contributed by atoms with Gasteiger partial charge in [-0.2, -0.15) is 0 Å². The highest BCUT2D eigenvalue weighted by molar-refractivity contribution is 5.84. The summed E-state index contributed by atoms with van der Waals surface area (Å²) in [4.78, 5) is 28.4. The predicted octanol–water partition coefficient (Wildman–Crippen LogP) is 2.33. The summed E-state index contributed by atoms with van der Waals surface area (Å²) in [5, 5.41) is 0.465. The lowest BCUT2D eigenvalue weighted by molar-refractivity contribution is -0.117. The van der Waals surface area contributed by atoms with E-state index in [0.717, 1.165) is 10.4 Å². The van der Waals surface area contributed by atoms with Crippen LogP contribution in [0.4, 0.5) is 0 Å². The Balaban J connectivity index is 1.53. The molecule has 0 radical (unpaired) electrons. The first-order valence-electron chi connectivity index (χ1n) is 7.68. The summed E-state index contributed by atoms with van der Waals surface area (Å²) in [6.07, 6.45) is 2.13. The topological polar surface area (TPSA) is 73.2 Å². The first-order valence-corrected chi connectivity index (χ1v) is 7.68. The van der Waals surface area contributed by atoms with Gasteiger partial charge in [0.25, 0.3) is 5.56 Å². The Hall–Kier alpha value is -3.15. The third-order valence-electron chi connectivity index (χ3n) is 3.47. The first kappa shape index (κ1) is 15.7. The van der Waals surface area contributed by atoms with Gasteiger partial charge >= 0.3 is 0 Å². The molecule has 1 amide bonds. The molecule has 0 unspecified atom stereocenters. The molecule has 2 aromatic carbocycles. The molecule has 0 aliphatic heterocycles. The first-order chi connectivity index (χ1) is 11.7. The molecular formula is C18H17N3O3. The molecule has 3 rings (SSSR count). The van der Waals surface area contributed by atoms with Crippen LogP contribution in [0.25, 0.3) is 10.9 Å². The average Bonchev–Trinajstić information content (AvgIpc) is 2.62. The minimum Gasteiger partial charge on any atom is -0.494 e. The third kappa shape index (κ3) is 3.78. The molecule has 0 atom stereocenters. The second kappa shape index (κ2) is 7.41. The molecule has 1 aromatic heterocycles. The van der Waals surface area contributed by atoms with Gasteiger partial charge in [0, 0.05) is 6.42 Å². The number of hydrogen-bond acceptors (Lipinski definition) is 4. The molecular weight excluding hydrogens is 306 g/mol. The van der Waals surface area contributed by atoms with Gasteiger partial charge in [-0.25, -0.2) is 9.66 Å². The Morgan fingerprint density at radius 2 is 1.83 bits per heavy atom. The van der Waals surface area contributed by atoms with Gasteiger partial charge in [0.15, 0.2) is 0 Å². The van der Waals surface area contributed by atoms with Gasteiger partial charge in [0.05, 0.1) is 17.5 Å². The average molecular weight is 323 g/mol. The molecule has 3 aromatic rings. The van der Waals surface area contributed by atoms with Gasteiger partial charge in [0.2, 0.25) is 5.91 Å². The van der Waals surface area contributed by atoms with Crippen molar-refractivity contribution in [2.45, 2.75) is 12.8 Å². The fourth-order valence-electron chi connectivity index (χ4n) is 2.28. The van der Waals surface area contributed by atoms with Gasteiger partial charge < -0.3 is 4.74 Å². The maximum absolute atomic E-state index is 12.3. The van der Waals surface area contributed by atoms with Crippen LogP contribution in [0, 0.1) is 0 Å². The fraction of sp³-hybridized carbons (Fsp3) is 0.167. The number of hydrogen-bond donors (Lipinski definition) is 1. The normalized spacial score (nSPS) is 10.5. The molecule has 0 aliphatic carbocycles. The van der Waals surface area contributed by atoms with Crippen molar-refractivity contribution in [1.29, 1.82) is 0 Å². The van der Waals surface area contributed by atoms with Crippen LogP contribution in [0.3, 0.4) is 0 Å². The van der Waals surface area contributed by atoms with E-state index in [0.29, 0.717) is 23.9 Å². The van der Waals surface area contributed by atoms with E-state index in [2.05, 4.69) is 10.4 Å². The highest BCUT2D eigenvalue weighted by atomic mass is 16.5. The van der Waals surface area contributed by atoms with Gasteiger partial charge in [-0.15, -0.1) is 0 Å². The molecule has 0 saturated heterocycles. The molecule has 6 heteroatoms. The second-order valence-electron chi connectivity index (χ2n) is 5.24. The Morgan fingerprint density at radius 1 is 1.08 bits per heavy atom. The molecule has 122 valence electrons. The van der Waals surface area contributed by atoms with Crippen LogP contribution in [0.2, 0.25) is 0 Å². The fourth-order valence-corrected chi connectivity index (χ4v) is 2.28. The Morgan fingerprint density at radius 3 is 2.67 bits per heavy atom. The van der Waals surface area contributed by atoms with E-state index in [1.54, 1.807) is 18.2 Å². The van der Waals surface area contributed by atoms with Crippen molar-refractivity contribution in [3.63, 3.8) is 0 Å². The monoisotopic (exact) mass is 323 g/mol. The smallest absolute Gasteiger partial charge is 0.280 e. The zero-order chi connectivity index (χ0) is 16.8. The maximum Gasteiger partial charge on any atom is 0.280 e. The maximum atomic E-state index is 12.3. The standard InChI is InChI=1S/C18H17N3O3/c22-17(11-6-12-24-14-7-2-1-3-8-14)20-21-13-19-16-10-5-4-9-15(16)18(21)23/h1-5,7-10,13H,6,11-12H2,(H,20,22). The van der Waals surface area contributed by atoms with Crippen molar-refractivity contribution in [2.75, 3.05) is 12.0 Å². The zero-order valence-electron chi connectivity index (χ0n) is 13.0. The number of benzene rings is 2. The lowest BCUT2D eigenvalue weighted by atomic mass is 10.2. The molecule has 24 heavy (non-hydrogen) atoms.